The summed E-state index contributed by atoms with van der Waals surface area (Å²) in [6, 6.07) is 14.7. The fourth-order valence-corrected chi connectivity index (χ4v) is 3.16. The Morgan fingerprint density at radius 1 is 1.05 bits per heavy atom. The molecule has 0 bridgehead atoms. The van der Waals surface area contributed by atoms with Gasteiger partial charge in [0.1, 0.15) is 5.75 Å². The molecule has 1 aliphatic rings. The standard InChI is InChI=1S/C19H17NO.ClH/c1-12-7-8-18-16(11-12)19-15(9-10-21-18)13(2)14-5-3-4-6-17(14)20-19;/h3-8,11H,9-10H2,1-2H3;1H. The fraction of sp³-hybridized carbons (Fsp3) is 0.211. The van der Waals surface area contributed by atoms with Crippen LogP contribution < -0.4 is 4.74 Å². The van der Waals surface area contributed by atoms with Gasteiger partial charge in [-0.05, 0) is 43.2 Å². The van der Waals surface area contributed by atoms with Crippen LogP contribution in [-0.4, -0.2) is 11.6 Å². The SMILES string of the molecule is Cc1ccc2c(c1)-c1nc3ccccc3c(C)c1CCO2.Cl. The zero-order valence-electron chi connectivity index (χ0n) is 12.7. The van der Waals surface area contributed by atoms with Gasteiger partial charge in [0, 0.05) is 17.4 Å². The van der Waals surface area contributed by atoms with E-state index in [1.165, 1.54) is 22.1 Å². The van der Waals surface area contributed by atoms with Gasteiger partial charge in [-0.25, -0.2) is 4.98 Å². The highest BCUT2D eigenvalue weighted by atomic mass is 35.5. The maximum atomic E-state index is 5.93. The number of benzene rings is 2. The molecule has 3 heteroatoms. The van der Waals surface area contributed by atoms with E-state index >= 15 is 0 Å². The summed E-state index contributed by atoms with van der Waals surface area (Å²) in [4.78, 5) is 4.94. The van der Waals surface area contributed by atoms with Gasteiger partial charge < -0.3 is 4.74 Å². The average Bonchev–Trinajstić information content (AvgIpc) is 2.67. The number of para-hydroxylation sites is 1. The van der Waals surface area contributed by atoms with Crippen molar-refractivity contribution in [3.05, 3.63) is 59.2 Å². The van der Waals surface area contributed by atoms with Crippen LogP contribution in [0.15, 0.2) is 42.5 Å². The van der Waals surface area contributed by atoms with Crippen molar-refractivity contribution in [3.8, 4) is 17.0 Å². The third-order valence-electron chi connectivity index (χ3n) is 4.28. The fourth-order valence-electron chi connectivity index (χ4n) is 3.16. The minimum atomic E-state index is 0. The lowest BCUT2D eigenvalue weighted by Crippen LogP contribution is -2.01. The highest BCUT2D eigenvalue weighted by molar-refractivity contribution is 5.88. The summed E-state index contributed by atoms with van der Waals surface area (Å²) in [5, 5.41) is 1.24. The summed E-state index contributed by atoms with van der Waals surface area (Å²) in [7, 11) is 0. The van der Waals surface area contributed by atoms with Crippen LogP contribution in [0.1, 0.15) is 16.7 Å². The van der Waals surface area contributed by atoms with E-state index < -0.39 is 0 Å². The summed E-state index contributed by atoms with van der Waals surface area (Å²) in [5.41, 5.74) is 7.14. The first-order chi connectivity index (χ1) is 10.2. The van der Waals surface area contributed by atoms with Crippen LogP contribution in [0.2, 0.25) is 0 Å². The van der Waals surface area contributed by atoms with Gasteiger partial charge in [0.15, 0.2) is 0 Å². The molecule has 0 spiro atoms. The Hall–Kier alpha value is -2.06. The number of halogens is 1. The molecular formula is C19H18ClNO. The predicted octanol–water partition coefficient (Wildman–Crippen LogP) is 4.88. The Labute approximate surface area is 136 Å². The average molecular weight is 312 g/mol. The van der Waals surface area contributed by atoms with E-state index in [0.29, 0.717) is 6.61 Å². The maximum absolute atomic E-state index is 5.93. The number of nitrogens with zero attached hydrogens (tertiary/aromatic N) is 1. The summed E-state index contributed by atoms with van der Waals surface area (Å²) in [5.74, 6) is 0.946. The van der Waals surface area contributed by atoms with Crippen molar-refractivity contribution in [1.29, 1.82) is 0 Å². The van der Waals surface area contributed by atoms with Gasteiger partial charge in [-0.15, -0.1) is 12.4 Å². The van der Waals surface area contributed by atoms with Crippen LogP contribution >= 0.6 is 12.4 Å². The molecule has 0 unspecified atom stereocenters. The minimum Gasteiger partial charge on any atom is -0.493 e. The van der Waals surface area contributed by atoms with Crippen LogP contribution in [0.5, 0.6) is 5.75 Å². The Balaban J connectivity index is 0.00000144. The van der Waals surface area contributed by atoms with Gasteiger partial charge in [0.2, 0.25) is 0 Å². The van der Waals surface area contributed by atoms with E-state index in [9.17, 15) is 0 Å². The van der Waals surface area contributed by atoms with Crippen LogP contribution in [0.4, 0.5) is 0 Å². The second-order valence-corrected chi connectivity index (χ2v) is 5.68. The molecule has 4 rings (SSSR count). The number of hydrogen-bond donors (Lipinski definition) is 0. The lowest BCUT2D eigenvalue weighted by atomic mass is 9.95. The molecular weight excluding hydrogens is 294 g/mol. The zero-order valence-corrected chi connectivity index (χ0v) is 13.5. The lowest BCUT2D eigenvalue weighted by molar-refractivity contribution is 0.326. The van der Waals surface area contributed by atoms with Gasteiger partial charge >= 0.3 is 0 Å². The molecule has 1 aliphatic heterocycles. The predicted molar refractivity (Wildman–Crippen MR) is 93.1 cm³/mol. The second-order valence-electron chi connectivity index (χ2n) is 5.68. The Kier molecular flexibility index (Phi) is 3.79. The molecule has 0 N–H and O–H groups in total. The molecule has 2 aromatic carbocycles. The first kappa shape index (κ1) is 14.9. The van der Waals surface area contributed by atoms with Crippen molar-refractivity contribution in [1.82, 2.24) is 4.98 Å². The van der Waals surface area contributed by atoms with Crippen LogP contribution in [0, 0.1) is 13.8 Å². The molecule has 0 fully saturated rings. The van der Waals surface area contributed by atoms with Gasteiger partial charge in [-0.3, -0.25) is 0 Å². The van der Waals surface area contributed by atoms with Crippen molar-refractivity contribution < 1.29 is 4.74 Å². The Morgan fingerprint density at radius 2 is 1.86 bits per heavy atom. The molecule has 0 radical (unpaired) electrons. The van der Waals surface area contributed by atoms with Gasteiger partial charge in [-0.1, -0.05) is 29.8 Å². The number of aromatic nitrogens is 1. The molecule has 0 amide bonds. The quantitative estimate of drug-likeness (QED) is 0.590. The van der Waals surface area contributed by atoms with E-state index in [4.69, 9.17) is 9.72 Å². The molecule has 2 nitrogen and oxygen atoms in total. The highest BCUT2D eigenvalue weighted by Crippen LogP contribution is 2.37. The summed E-state index contributed by atoms with van der Waals surface area (Å²) in [6.07, 6.45) is 0.909. The van der Waals surface area contributed by atoms with E-state index in [-0.39, 0.29) is 12.4 Å². The molecule has 0 saturated heterocycles. The Morgan fingerprint density at radius 3 is 2.73 bits per heavy atom. The van der Waals surface area contributed by atoms with E-state index in [0.717, 1.165) is 28.9 Å². The van der Waals surface area contributed by atoms with Crippen LogP contribution in [-0.2, 0) is 6.42 Å². The van der Waals surface area contributed by atoms with Crippen molar-refractivity contribution in [2.75, 3.05) is 6.61 Å². The second kappa shape index (κ2) is 5.62. The zero-order chi connectivity index (χ0) is 14.4. The number of fused-ring (bicyclic) bond motifs is 4. The molecule has 112 valence electrons. The molecule has 0 aliphatic carbocycles. The molecule has 3 aromatic rings. The monoisotopic (exact) mass is 311 g/mol. The molecule has 22 heavy (non-hydrogen) atoms. The summed E-state index contributed by atoms with van der Waals surface area (Å²) in [6.45, 7) is 5.02. The highest BCUT2D eigenvalue weighted by Gasteiger charge is 2.20. The van der Waals surface area contributed by atoms with E-state index in [1.807, 2.05) is 6.07 Å². The van der Waals surface area contributed by atoms with Crippen LogP contribution in [0.3, 0.4) is 0 Å². The van der Waals surface area contributed by atoms with Gasteiger partial charge in [-0.2, -0.15) is 0 Å². The smallest absolute Gasteiger partial charge is 0.128 e. The van der Waals surface area contributed by atoms with Crippen molar-refractivity contribution in [3.63, 3.8) is 0 Å². The van der Waals surface area contributed by atoms with E-state index in [2.05, 4.69) is 50.2 Å². The molecule has 0 saturated carbocycles. The van der Waals surface area contributed by atoms with Crippen molar-refractivity contribution in [2.45, 2.75) is 20.3 Å². The number of ether oxygens (including phenoxy) is 1. The summed E-state index contributed by atoms with van der Waals surface area (Å²) < 4.78 is 5.93. The first-order valence-electron chi connectivity index (χ1n) is 7.36. The maximum Gasteiger partial charge on any atom is 0.128 e. The van der Waals surface area contributed by atoms with Crippen molar-refractivity contribution in [2.24, 2.45) is 0 Å². The molecule has 2 heterocycles. The summed E-state index contributed by atoms with van der Waals surface area (Å²) >= 11 is 0. The van der Waals surface area contributed by atoms with Gasteiger partial charge in [0.05, 0.1) is 17.8 Å². The van der Waals surface area contributed by atoms with Gasteiger partial charge in [0.25, 0.3) is 0 Å². The Bertz CT molecular complexity index is 857. The van der Waals surface area contributed by atoms with Crippen molar-refractivity contribution >= 4 is 23.3 Å². The third kappa shape index (κ3) is 2.24. The third-order valence-corrected chi connectivity index (χ3v) is 4.28. The number of rotatable bonds is 0. The largest absolute Gasteiger partial charge is 0.493 e. The molecule has 1 aromatic heterocycles. The lowest BCUT2D eigenvalue weighted by Gasteiger charge is -2.13. The minimum absolute atomic E-state index is 0. The van der Waals surface area contributed by atoms with Crippen LogP contribution in [0.25, 0.3) is 22.2 Å². The number of aryl methyl sites for hydroxylation is 2. The first-order valence-corrected chi connectivity index (χ1v) is 7.36. The molecule has 0 atom stereocenters. The van der Waals surface area contributed by atoms with E-state index in [1.54, 1.807) is 0 Å². The number of pyridine rings is 1. The normalized spacial score (nSPS) is 12.6. The number of hydrogen-bond acceptors (Lipinski definition) is 2. The topological polar surface area (TPSA) is 22.1 Å².